The van der Waals surface area contributed by atoms with Gasteiger partial charge in [0.2, 0.25) is 0 Å². The van der Waals surface area contributed by atoms with Gasteiger partial charge in [0.05, 0.1) is 0 Å². The molecular formula is C17H27N. The van der Waals surface area contributed by atoms with Crippen molar-refractivity contribution in [1.29, 1.82) is 0 Å². The van der Waals surface area contributed by atoms with Gasteiger partial charge in [-0.2, -0.15) is 0 Å². The van der Waals surface area contributed by atoms with Crippen LogP contribution in [-0.2, 0) is 0 Å². The second kappa shape index (κ2) is 7.58. The predicted molar refractivity (Wildman–Crippen MR) is 78.7 cm³/mol. The van der Waals surface area contributed by atoms with Crippen molar-refractivity contribution in [2.75, 3.05) is 6.54 Å². The number of benzene rings is 1. The first kappa shape index (κ1) is 13.6. The molecule has 0 spiro atoms. The van der Waals surface area contributed by atoms with Crippen molar-refractivity contribution >= 4 is 0 Å². The number of rotatable bonds is 6. The zero-order chi connectivity index (χ0) is 12.6. The normalized spacial score (nSPS) is 18.7. The molecule has 0 aliphatic heterocycles. The third-order valence-electron chi connectivity index (χ3n) is 4.28. The smallest absolute Gasteiger partial charge is 0.0317 e. The second-order valence-electron chi connectivity index (χ2n) is 5.62. The molecule has 2 rings (SSSR count). The van der Waals surface area contributed by atoms with E-state index >= 15 is 0 Å². The molecule has 0 aromatic heterocycles. The molecule has 1 nitrogen and oxygen atoms in total. The first-order valence-electron chi connectivity index (χ1n) is 7.68. The SMILES string of the molecule is CCC(NCCC1CCCCC1)c1ccccc1. The largest absolute Gasteiger partial charge is 0.310 e. The Hall–Kier alpha value is -0.820. The van der Waals surface area contributed by atoms with E-state index in [-0.39, 0.29) is 0 Å². The van der Waals surface area contributed by atoms with Gasteiger partial charge in [-0.25, -0.2) is 0 Å². The molecule has 18 heavy (non-hydrogen) atoms. The fraction of sp³-hybridized carbons (Fsp3) is 0.647. The van der Waals surface area contributed by atoms with E-state index in [9.17, 15) is 0 Å². The molecule has 1 aromatic carbocycles. The van der Waals surface area contributed by atoms with Crippen LogP contribution in [0.5, 0.6) is 0 Å². The maximum Gasteiger partial charge on any atom is 0.0317 e. The van der Waals surface area contributed by atoms with Crippen LogP contribution in [0, 0.1) is 5.92 Å². The van der Waals surface area contributed by atoms with Gasteiger partial charge in [0, 0.05) is 6.04 Å². The summed E-state index contributed by atoms with van der Waals surface area (Å²) in [7, 11) is 0. The highest BCUT2D eigenvalue weighted by Crippen LogP contribution is 2.26. The van der Waals surface area contributed by atoms with Crippen LogP contribution in [0.3, 0.4) is 0 Å². The second-order valence-corrected chi connectivity index (χ2v) is 5.62. The van der Waals surface area contributed by atoms with E-state index < -0.39 is 0 Å². The van der Waals surface area contributed by atoms with Crippen LogP contribution in [0.25, 0.3) is 0 Å². The monoisotopic (exact) mass is 245 g/mol. The summed E-state index contributed by atoms with van der Waals surface area (Å²) in [6.45, 7) is 3.45. The minimum atomic E-state index is 0.537. The molecule has 0 heterocycles. The number of hydrogen-bond acceptors (Lipinski definition) is 1. The summed E-state index contributed by atoms with van der Waals surface area (Å²) in [6, 6.07) is 11.4. The maximum absolute atomic E-state index is 3.73. The third kappa shape index (κ3) is 4.13. The molecule has 1 aromatic rings. The van der Waals surface area contributed by atoms with Gasteiger partial charge in [0.25, 0.3) is 0 Å². The molecule has 0 amide bonds. The summed E-state index contributed by atoms with van der Waals surface area (Å²) in [5.41, 5.74) is 1.43. The summed E-state index contributed by atoms with van der Waals surface area (Å²) in [6.07, 6.45) is 9.85. The molecule has 1 aliphatic rings. The quantitative estimate of drug-likeness (QED) is 0.766. The molecule has 1 unspecified atom stereocenters. The van der Waals surface area contributed by atoms with E-state index in [0.717, 1.165) is 5.92 Å². The van der Waals surface area contributed by atoms with E-state index in [0.29, 0.717) is 6.04 Å². The Morgan fingerprint density at radius 1 is 1.11 bits per heavy atom. The first-order valence-corrected chi connectivity index (χ1v) is 7.68. The van der Waals surface area contributed by atoms with Gasteiger partial charge >= 0.3 is 0 Å². The van der Waals surface area contributed by atoms with Gasteiger partial charge in [-0.3, -0.25) is 0 Å². The van der Waals surface area contributed by atoms with Gasteiger partial charge in [-0.15, -0.1) is 0 Å². The summed E-state index contributed by atoms with van der Waals surface area (Å²) in [5, 5.41) is 3.73. The van der Waals surface area contributed by atoms with E-state index in [2.05, 4.69) is 42.6 Å². The standard InChI is InChI=1S/C17H27N/c1-2-17(16-11-7-4-8-12-16)18-14-13-15-9-5-3-6-10-15/h4,7-8,11-12,15,17-18H,2-3,5-6,9-10,13-14H2,1H3. The van der Waals surface area contributed by atoms with Crippen molar-refractivity contribution in [2.24, 2.45) is 5.92 Å². The Kier molecular flexibility index (Phi) is 5.73. The van der Waals surface area contributed by atoms with Crippen LogP contribution >= 0.6 is 0 Å². The average molecular weight is 245 g/mol. The fourth-order valence-corrected chi connectivity index (χ4v) is 3.12. The van der Waals surface area contributed by atoms with Gasteiger partial charge in [0.15, 0.2) is 0 Å². The van der Waals surface area contributed by atoms with Crippen molar-refractivity contribution < 1.29 is 0 Å². The minimum Gasteiger partial charge on any atom is -0.310 e. The lowest BCUT2D eigenvalue weighted by molar-refractivity contribution is 0.327. The molecule has 1 aliphatic carbocycles. The molecule has 1 fully saturated rings. The highest BCUT2D eigenvalue weighted by atomic mass is 14.9. The average Bonchev–Trinajstić information content (AvgIpc) is 2.46. The van der Waals surface area contributed by atoms with Gasteiger partial charge in [0.1, 0.15) is 0 Å². The molecule has 1 atom stereocenters. The summed E-state index contributed by atoms with van der Waals surface area (Å²) in [4.78, 5) is 0. The highest BCUT2D eigenvalue weighted by Gasteiger charge is 2.14. The fourth-order valence-electron chi connectivity index (χ4n) is 3.12. The van der Waals surface area contributed by atoms with E-state index in [1.54, 1.807) is 0 Å². The Morgan fingerprint density at radius 3 is 2.50 bits per heavy atom. The van der Waals surface area contributed by atoms with Gasteiger partial charge in [-0.1, -0.05) is 69.4 Å². The molecule has 0 saturated heterocycles. The molecule has 100 valence electrons. The van der Waals surface area contributed by atoms with Gasteiger partial charge in [-0.05, 0) is 30.9 Å². The van der Waals surface area contributed by atoms with Crippen LogP contribution in [-0.4, -0.2) is 6.54 Å². The van der Waals surface area contributed by atoms with Crippen LogP contribution in [0.1, 0.15) is 63.5 Å². The Bertz CT molecular complexity index is 314. The molecule has 1 saturated carbocycles. The minimum absolute atomic E-state index is 0.537. The highest BCUT2D eigenvalue weighted by molar-refractivity contribution is 5.18. The lowest BCUT2D eigenvalue weighted by Gasteiger charge is -2.23. The van der Waals surface area contributed by atoms with Crippen LogP contribution in [0.15, 0.2) is 30.3 Å². The van der Waals surface area contributed by atoms with Crippen LogP contribution in [0.2, 0.25) is 0 Å². The van der Waals surface area contributed by atoms with Crippen LogP contribution < -0.4 is 5.32 Å². The number of hydrogen-bond donors (Lipinski definition) is 1. The van der Waals surface area contributed by atoms with Gasteiger partial charge < -0.3 is 5.32 Å². The van der Waals surface area contributed by atoms with E-state index in [1.165, 1.54) is 57.1 Å². The van der Waals surface area contributed by atoms with Crippen molar-refractivity contribution in [1.82, 2.24) is 5.32 Å². The predicted octanol–water partition coefficient (Wildman–Crippen LogP) is 4.70. The Morgan fingerprint density at radius 2 is 1.83 bits per heavy atom. The topological polar surface area (TPSA) is 12.0 Å². The maximum atomic E-state index is 3.73. The molecule has 1 heteroatoms. The molecule has 0 radical (unpaired) electrons. The molecule has 0 bridgehead atoms. The van der Waals surface area contributed by atoms with E-state index in [1.807, 2.05) is 0 Å². The van der Waals surface area contributed by atoms with Crippen LogP contribution in [0.4, 0.5) is 0 Å². The first-order chi connectivity index (χ1) is 8.90. The Labute approximate surface area is 112 Å². The van der Waals surface area contributed by atoms with Crippen molar-refractivity contribution in [2.45, 2.75) is 57.9 Å². The van der Waals surface area contributed by atoms with E-state index in [4.69, 9.17) is 0 Å². The zero-order valence-electron chi connectivity index (χ0n) is 11.7. The summed E-state index contributed by atoms with van der Waals surface area (Å²) >= 11 is 0. The summed E-state index contributed by atoms with van der Waals surface area (Å²) in [5.74, 6) is 0.986. The zero-order valence-corrected chi connectivity index (χ0v) is 11.7. The van der Waals surface area contributed by atoms with Crippen molar-refractivity contribution in [3.05, 3.63) is 35.9 Å². The summed E-state index contributed by atoms with van der Waals surface area (Å²) < 4.78 is 0. The van der Waals surface area contributed by atoms with Crippen molar-refractivity contribution in [3.8, 4) is 0 Å². The lowest BCUT2D eigenvalue weighted by Crippen LogP contribution is -2.24. The molecule has 1 N–H and O–H groups in total. The molecular weight excluding hydrogens is 218 g/mol. The number of nitrogens with one attached hydrogen (secondary N) is 1. The third-order valence-corrected chi connectivity index (χ3v) is 4.28. The lowest BCUT2D eigenvalue weighted by atomic mass is 9.87. The van der Waals surface area contributed by atoms with Crippen molar-refractivity contribution in [3.63, 3.8) is 0 Å². The Balaban J connectivity index is 1.73.